The number of rotatable bonds is 5. The molecule has 5 aromatic rings. The zero-order chi connectivity index (χ0) is 23.7. The zero-order valence-corrected chi connectivity index (χ0v) is 19.4. The topological polar surface area (TPSA) is 78.8 Å². The second kappa shape index (κ2) is 8.78. The third kappa shape index (κ3) is 3.99. The van der Waals surface area contributed by atoms with Crippen LogP contribution in [-0.4, -0.2) is 4.57 Å². The Balaban J connectivity index is 1.62. The zero-order valence-electron chi connectivity index (χ0n) is 18.6. The molecular weight excluding hydrogens is 442 g/mol. The number of furan rings is 2. The number of fused-ring (bicyclic) bond motifs is 1. The predicted octanol–water partition coefficient (Wildman–Crippen LogP) is 8.07. The SMILES string of the molecule is C/C(C#N)=C/c1ccc(-c2ccc(-c3cc4sc(/C=C(/C)C#N)cc4o3)n2-c2ccccc2)o1. The Hall–Kier alpha value is -4.52. The fraction of sp³-hybridized carbons (Fsp3) is 0.0714. The van der Waals surface area contributed by atoms with Crippen LogP contribution in [0.3, 0.4) is 0 Å². The lowest BCUT2D eigenvalue weighted by Crippen LogP contribution is -1.98. The van der Waals surface area contributed by atoms with Gasteiger partial charge in [0.05, 0.1) is 28.2 Å². The molecule has 34 heavy (non-hydrogen) atoms. The predicted molar refractivity (Wildman–Crippen MR) is 135 cm³/mol. The molecule has 0 aliphatic carbocycles. The number of benzene rings is 1. The van der Waals surface area contributed by atoms with E-state index in [1.807, 2.05) is 72.8 Å². The van der Waals surface area contributed by atoms with Gasteiger partial charge in [0.1, 0.15) is 11.3 Å². The third-order valence-corrected chi connectivity index (χ3v) is 6.33. The van der Waals surface area contributed by atoms with Crippen molar-refractivity contribution in [1.29, 1.82) is 10.5 Å². The average molecular weight is 462 g/mol. The Morgan fingerprint density at radius 1 is 0.824 bits per heavy atom. The van der Waals surface area contributed by atoms with E-state index in [0.29, 0.717) is 22.7 Å². The second-order valence-corrected chi connectivity index (χ2v) is 8.96. The van der Waals surface area contributed by atoms with Crippen LogP contribution in [0.1, 0.15) is 24.5 Å². The summed E-state index contributed by atoms with van der Waals surface area (Å²) in [6.07, 6.45) is 3.59. The number of nitriles is 2. The van der Waals surface area contributed by atoms with Crippen LogP contribution in [0.5, 0.6) is 0 Å². The minimum Gasteiger partial charge on any atom is -0.455 e. The molecule has 164 valence electrons. The molecule has 0 radical (unpaired) electrons. The molecule has 6 heteroatoms. The van der Waals surface area contributed by atoms with Gasteiger partial charge in [-0.05, 0) is 68.5 Å². The van der Waals surface area contributed by atoms with Crippen LogP contribution in [-0.2, 0) is 0 Å². The highest BCUT2D eigenvalue weighted by atomic mass is 32.1. The van der Waals surface area contributed by atoms with Crippen LogP contribution in [0, 0.1) is 22.7 Å². The summed E-state index contributed by atoms with van der Waals surface area (Å²) in [6.45, 7) is 3.54. The Bertz CT molecular complexity index is 1610. The Labute approximate surface area is 200 Å². The smallest absolute Gasteiger partial charge is 0.153 e. The number of allylic oxidation sites excluding steroid dienone is 2. The van der Waals surface area contributed by atoms with E-state index in [2.05, 4.69) is 16.7 Å². The van der Waals surface area contributed by atoms with E-state index in [9.17, 15) is 0 Å². The number of para-hydroxylation sites is 1. The highest BCUT2D eigenvalue weighted by molar-refractivity contribution is 7.19. The van der Waals surface area contributed by atoms with E-state index in [1.165, 1.54) is 0 Å². The lowest BCUT2D eigenvalue weighted by atomic mass is 10.2. The van der Waals surface area contributed by atoms with Crippen molar-refractivity contribution in [1.82, 2.24) is 4.57 Å². The lowest BCUT2D eigenvalue weighted by Gasteiger charge is -2.11. The summed E-state index contributed by atoms with van der Waals surface area (Å²) in [5.41, 5.74) is 4.78. The van der Waals surface area contributed by atoms with Crippen LogP contribution in [0.2, 0.25) is 0 Å². The molecule has 0 unspecified atom stereocenters. The minimum atomic E-state index is 0.579. The van der Waals surface area contributed by atoms with Gasteiger partial charge >= 0.3 is 0 Å². The van der Waals surface area contributed by atoms with Crippen LogP contribution >= 0.6 is 11.3 Å². The van der Waals surface area contributed by atoms with Crippen LogP contribution in [0.15, 0.2) is 86.7 Å². The number of hydrogen-bond acceptors (Lipinski definition) is 5. The van der Waals surface area contributed by atoms with E-state index in [-0.39, 0.29) is 0 Å². The fourth-order valence-electron chi connectivity index (χ4n) is 3.79. The molecule has 0 aliphatic heterocycles. The molecule has 0 spiro atoms. The van der Waals surface area contributed by atoms with E-state index >= 15 is 0 Å². The Morgan fingerprint density at radius 3 is 2.24 bits per heavy atom. The maximum absolute atomic E-state index is 9.07. The van der Waals surface area contributed by atoms with Crippen molar-refractivity contribution in [2.24, 2.45) is 0 Å². The van der Waals surface area contributed by atoms with Crippen molar-refractivity contribution < 1.29 is 8.83 Å². The summed E-state index contributed by atoms with van der Waals surface area (Å²) in [4.78, 5) is 0.988. The van der Waals surface area contributed by atoms with Gasteiger partial charge in [-0.15, -0.1) is 11.3 Å². The summed E-state index contributed by atoms with van der Waals surface area (Å²) in [6, 6.07) is 26.1. The summed E-state index contributed by atoms with van der Waals surface area (Å²) in [5, 5.41) is 18.1. The van der Waals surface area contributed by atoms with E-state index in [4.69, 9.17) is 19.4 Å². The molecule has 4 aromatic heterocycles. The third-order valence-electron chi connectivity index (χ3n) is 5.32. The largest absolute Gasteiger partial charge is 0.455 e. The summed E-state index contributed by atoms with van der Waals surface area (Å²) in [5.74, 6) is 2.07. The average Bonchev–Trinajstić information content (AvgIpc) is 3.61. The van der Waals surface area contributed by atoms with Crippen molar-refractivity contribution in [3.63, 3.8) is 0 Å². The summed E-state index contributed by atoms with van der Waals surface area (Å²) in [7, 11) is 0. The molecule has 0 fully saturated rings. The van der Waals surface area contributed by atoms with Gasteiger partial charge in [0.25, 0.3) is 0 Å². The maximum Gasteiger partial charge on any atom is 0.153 e. The number of hydrogen-bond donors (Lipinski definition) is 0. The van der Waals surface area contributed by atoms with Gasteiger partial charge in [-0.1, -0.05) is 18.2 Å². The van der Waals surface area contributed by atoms with Gasteiger partial charge in [0.2, 0.25) is 0 Å². The molecule has 0 atom stereocenters. The lowest BCUT2D eigenvalue weighted by molar-refractivity contribution is 0.567. The van der Waals surface area contributed by atoms with Crippen molar-refractivity contribution in [2.75, 3.05) is 0 Å². The quantitative estimate of drug-likeness (QED) is 0.248. The molecule has 1 aromatic carbocycles. The van der Waals surface area contributed by atoms with E-state index < -0.39 is 0 Å². The molecule has 5 nitrogen and oxygen atoms in total. The van der Waals surface area contributed by atoms with Crippen LogP contribution in [0.25, 0.3) is 51.0 Å². The molecule has 4 heterocycles. The first kappa shape index (κ1) is 21.3. The normalized spacial score (nSPS) is 12.1. The van der Waals surface area contributed by atoms with Crippen molar-refractivity contribution >= 4 is 33.8 Å². The van der Waals surface area contributed by atoms with Crippen LogP contribution in [0.4, 0.5) is 0 Å². The van der Waals surface area contributed by atoms with E-state index in [0.717, 1.165) is 38.0 Å². The first-order valence-corrected chi connectivity index (χ1v) is 11.5. The van der Waals surface area contributed by atoms with E-state index in [1.54, 1.807) is 31.3 Å². The maximum atomic E-state index is 9.07. The van der Waals surface area contributed by atoms with Gasteiger partial charge in [-0.2, -0.15) is 10.5 Å². The molecule has 0 saturated carbocycles. The molecule has 0 amide bonds. The molecule has 0 bridgehead atoms. The summed E-state index contributed by atoms with van der Waals surface area (Å²) >= 11 is 1.59. The monoisotopic (exact) mass is 461 g/mol. The number of aromatic nitrogens is 1. The second-order valence-electron chi connectivity index (χ2n) is 7.84. The highest BCUT2D eigenvalue weighted by Crippen LogP contribution is 2.38. The van der Waals surface area contributed by atoms with Gasteiger partial charge < -0.3 is 13.4 Å². The van der Waals surface area contributed by atoms with Crippen molar-refractivity contribution in [3.05, 3.63) is 88.5 Å². The molecule has 0 saturated heterocycles. The van der Waals surface area contributed by atoms with Gasteiger partial charge in [-0.3, -0.25) is 0 Å². The first-order valence-electron chi connectivity index (χ1n) is 10.6. The molecule has 0 aliphatic rings. The minimum absolute atomic E-state index is 0.579. The highest BCUT2D eigenvalue weighted by Gasteiger charge is 2.19. The Kier molecular flexibility index (Phi) is 5.51. The fourth-order valence-corrected chi connectivity index (χ4v) is 4.81. The number of thiophene rings is 1. The Morgan fingerprint density at radius 2 is 1.53 bits per heavy atom. The number of nitrogens with zero attached hydrogens (tertiary/aromatic N) is 3. The van der Waals surface area contributed by atoms with Gasteiger partial charge in [0, 0.05) is 27.8 Å². The van der Waals surface area contributed by atoms with Crippen molar-refractivity contribution in [2.45, 2.75) is 13.8 Å². The van der Waals surface area contributed by atoms with Crippen molar-refractivity contribution in [3.8, 4) is 40.7 Å². The standard InChI is InChI=1S/C28H19N3O2S/c1-18(16-29)12-21-8-11-25(32-21)23-9-10-24(31(23)20-6-4-3-5-7-20)26-15-28-27(33-26)14-22(34-28)13-19(2)17-30/h3-15H,1-2H3/b18-12-,19-13-. The van der Waals surface area contributed by atoms with Gasteiger partial charge in [0.15, 0.2) is 11.5 Å². The molecule has 0 N–H and O–H groups in total. The summed E-state index contributed by atoms with van der Waals surface area (Å²) < 4.78 is 15.4. The molecule has 5 rings (SSSR count). The van der Waals surface area contributed by atoms with Gasteiger partial charge in [-0.25, -0.2) is 0 Å². The molecular formula is C28H19N3O2S. The van der Waals surface area contributed by atoms with Crippen LogP contribution < -0.4 is 0 Å². The first-order chi connectivity index (χ1) is 16.6.